The summed E-state index contributed by atoms with van der Waals surface area (Å²) in [6, 6.07) is 0. The molecule has 0 aliphatic heterocycles. The van der Waals surface area contributed by atoms with Gasteiger partial charge in [-0.3, -0.25) is 0 Å². The normalized spacial score (nSPS) is 13.2. The van der Waals surface area contributed by atoms with Crippen molar-refractivity contribution < 1.29 is 0 Å². The molecule has 72 valence electrons. The van der Waals surface area contributed by atoms with Crippen molar-refractivity contribution in [1.82, 2.24) is 0 Å². The van der Waals surface area contributed by atoms with Gasteiger partial charge >= 0.3 is 96.9 Å². The van der Waals surface area contributed by atoms with Gasteiger partial charge in [0, 0.05) is 0 Å². The molecule has 0 amide bonds. The van der Waals surface area contributed by atoms with Crippen molar-refractivity contribution in [3.63, 3.8) is 0 Å². The summed E-state index contributed by atoms with van der Waals surface area (Å²) in [6.07, 6.45) is 0. The molecule has 0 aromatic carbocycles. The Balaban J connectivity index is 3.83. The van der Waals surface area contributed by atoms with E-state index in [1.165, 1.54) is 0 Å². The van der Waals surface area contributed by atoms with Crippen molar-refractivity contribution >= 4 is 58.2 Å². The van der Waals surface area contributed by atoms with E-state index in [0.29, 0.717) is 0 Å². The first-order chi connectivity index (χ1) is 5.10. The standard InChI is InChI=1S/7CH3.2CH2.In.2Sn/h7*1H3;2*1H2;;;. The number of hydrogen-bond donors (Lipinski definition) is 0. The third-order valence-corrected chi connectivity index (χ3v) is 86.5. The minimum atomic E-state index is -1.36. The van der Waals surface area contributed by atoms with E-state index in [2.05, 4.69) is 34.3 Å². The molecule has 0 aromatic heterocycles. The van der Waals surface area contributed by atoms with Crippen molar-refractivity contribution in [2.24, 2.45) is 0 Å². The molecule has 0 radical (unpaired) electrons. The Labute approximate surface area is 95.2 Å². The first-order valence-electron chi connectivity index (χ1n) is 5.10. The SMILES string of the molecule is [CH3][In]([CH2][Sn]([CH3])([CH3])[CH3])[CH2][Sn]([CH3])([CH3])[CH3]. The summed E-state index contributed by atoms with van der Waals surface area (Å²) in [5.41, 5.74) is 0. The van der Waals surface area contributed by atoms with Gasteiger partial charge in [-0.05, 0) is 0 Å². The Kier molecular flexibility index (Phi) is 6.66. The predicted octanol–water partition coefficient (Wildman–Crippen LogP) is 3.87. The van der Waals surface area contributed by atoms with Crippen LogP contribution in [0.5, 0.6) is 0 Å². The van der Waals surface area contributed by atoms with Crippen LogP contribution in [0, 0.1) is 0 Å². The van der Waals surface area contributed by atoms with Gasteiger partial charge in [-0.25, -0.2) is 0 Å². The van der Waals surface area contributed by atoms with E-state index in [4.69, 9.17) is 0 Å². The van der Waals surface area contributed by atoms with Crippen LogP contribution in [0.15, 0.2) is 0 Å². The van der Waals surface area contributed by atoms with Crippen LogP contribution in [0.25, 0.3) is 0 Å². The van der Waals surface area contributed by atoms with Crippen LogP contribution < -0.4 is 0 Å². The second kappa shape index (κ2) is 5.52. The fraction of sp³-hybridized carbons (Fsp3) is 1.00. The summed E-state index contributed by atoms with van der Waals surface area (Å²) in [5, 5.41) is 0. The van der Waals surface area contributed by atoms with E-state index in [-0.39, 0.29) is 0 Å². The Morgan fingerprint density at radius 1 is 0.750 bits per heavy atom. The third-order valence-electron chi connectivity index (χ3n) is 1.92. The second-order valence-corrected chi connectivity index (χ2v) is 60.1. The monoisotopic (exact) mass is 488 g/mol. The van der Waals surface area contributed by atoms with E-state index in [1.54, 1.807) is 0 Å². The van der Waals surface area contributed by atoms with E-state index < -0.39 is 58.2 Å². The second-order valence-electron chi connectivity index (χ2n) is 6.63. The van der Waals surface area contributed by atoms with E-state index in [9.17, 15) is 0 Å². The van der Waals surface area contributed by atoms with Gasteiger partial charge < -0.3 is 0 Å². The van der Waals surface area contributed by atoms with Gasteiger partial charge in [0.05, 0.1) is 0 Å². The topological polar surface area (TPSA) is 0 Å². The Hall–Kier alpha value is 2.47. The Bertz CT molecular complexity index is 116. The van der Waals surface area contributed by atoms with Crippen LogP contribution in [0.1, 0.15) is 0 Å². The van der Waals surface area contributed by atoms with Crippen LogP contribution in [-0.4, -0.2) is 58.2 Å². The summed E-state index contributed by atoms with van der Waals surface area (Å²) in [5.74, 6) is 0. The average molecular weight is 486 g/mol. The third kappa shape index (κ3) is 10.5. The van der Waals surface area contributed by atoms with E-state index >= 15 is 0 Å². The predicted molar refractivity (Wildman–Crippen MR) is 67.9 cm³/mol. The molecule has 0 aromatic rings. The molecule has 0 saturated carbocycles. The van der Waals surface area contributed by atoms with E-state index in [1.807, 2.05) is 4.39 Å². The summed E-state index contributed by atoms with van der Waals surface area (Å²) >= 11 is -3.66. The van der Waals surface area contributed by atoms with Crippen LogP contribution >= 0.6 is 0 Å². The molecule has 0 fully saturated rings. The van der Waals surface area contributed by atoms with Crippen LogP contribution in [0.3, 0.4) is 0 Å². The quantitative estimate of drug-likeness (QED) is 0.531. The first-order valence-corrected chi connectivity index (χ1v) is 34.2. The van der Waals surface area contributed by atoms with Gasteiger partial charge in [0.15, 0.2) is 0 Å². The van der Waals surface area contributed by atoms with Gasteiger partial charge in [-0.2, -0.15) is 0 Å². The molecule has 0 spiro atoms. The summed E-state index contributed by atoms with van der Waals surface area (Å²) < 4.78 is 6.31. The Morgan fingerprint density at radius 3 is 1.17 bits per heavy atom. The van der Waals surface area contributed by atoms with Gasteiger partial charge in [0.1, 0.15) is 0 Å². The number of hydrogen-bond acceptors (Lipinski definition) is 0. The molecule has 0 nitrogen and oxygen atoms in total. The molecular weight excluding hydrogens is 460 g/mol. The molecule has 0 bridgehead atoms. The summed E-state index contributed by atoms with van der Waals surface area (Å²) in [4.78, 5) is 15.7. The van der Waals surface area contributed by atoms with Gasteiger partial charge in [-0.1, -0.05) is 0 Å². The molecule has 0 atom stereocenters. The first kappa shape index (κ1) is 14.5. The van der Waals surface area contributed by atoms with Crippen LogP contribution in [-0.2, 0) is 0 Å². The molecule has 0 N–H and O–H groups in total. The summed E-state index contributed by atoms with van der Waals surface area (Å²) in [7, 11) is 0. The van der Waals surface area contributed by atoms with Crippen molar-refractivity contribution in [2.45, 2.75) is 38.7 Å². The van der Waals surface area contributed by atoms with Gasteiger partial charge in [-0.15, -0.1) is 0 Å². The maximum atomic E-state index is 2.69. The zero-order valence-corrected chi connectivity index (χ0v) is 19.0. The maximum absolute atomic E-state index is 2.69. The van der Waals surface area contributed by atoms with Crippen molar-refractivity contribution in [1.29, 1.82) is 0 Å². The molecule has 0 saturated heterocycles. The molecule has 0 aliphatic rings. The molecule has 12 heavy (non-hydrogen) atoms. The zero-order valence-electron chi connectivity index (χ0n) is 9.99. The van der Waals surface area contributed by atoms with Gasteiger partial charge in [0.25, 0.3) is 0 Å². The van der Waals surface area contributed by atoms with Crippen molar-refractivity contribution in [3.05, 3.63) is 0 Å². The molecule has 0 aliphatic carbocycles. The average Bonchev–Trinajstić information content (AvgIpc) is 1.49. The fourth-order valence-corrected chi connectivity index (χ4v) is 116. The summed E-state index contributed by atoms with van der Waals surface area (Å²) in [6.45, 7) is 0. The van der Waals surface area contributed by atoms with Crippen LogP contribution in [0.4, 0.5) is 0 Å². The van der Waals surface area contributed by atoms with Gasteiger partial charge in [0.2, 0.25) is 0 Å². The molecule has 0 heterocycles. The van der Waals surface area contributed by atoms with E-state index in [0.717, 1.165) is 0 Å². The van der Waals surface area contributed by atoms with Crippen LogP contribution in [0.2, 0.25) is 38.7 Å². The fourth-order valence-electron chi connectivity index (χ4n) is 2.16. The molecular formula is C9H25InSn2. The molecule has 3 heteroatoms. The van der Waals surface area contributed by atoms with Crippen molar-refractivity contribution in [2.75, 3.05) is 0 Å². The number of rotatable bonds is 4. The molecule has 0 unspecified atom stereocenters. The minimum absolute atomic E-state index is 0.933. The van der Waals surface area contributed by atoms with Crippen molar-refractivity contribution in [3.8, 4) is 0 Å². The molecule has 0 rings (SSSR count). The zero-order chi connectivity index (χ0) is 9.99. The Morgan fingerprint density at radius 2 is 1.00 bits per heavy atom.